The first kappa shape index (κ1) is 27.9. The van der Waals surface area contributed by atoms with Gasteiger partial charge < -0.3 is 36.9 Å². The third-order valence-electron chi connectivity index (χ3n) is 4.93. The van der Waals surface area contributed by atoms with Gasteiger partial charge in [-0.3, -0.25) is 19.2 Å². The molecule has 1 heterocycles. The molecule has 0 fully saturated rings. The molecular formula is C19H30N6O7S. The molecule has 0 saturated carbocycles. The number of imidazole rings is 1. The lowest BCUT2D eigenvalue weighted by molar-refractivity contribution is -0.141. The highest BCUT2D eigenvalue weighted by Gasteiger charge is 2.32. The number of aromatic nitrogens is 2. The molecule has 0 radical (unpaired) electrons. The summed E-state index contributed by atoms with van der Waals surface area (Å²) in [5.41, 5.74) is 6.08. The molecule has 13 nitrogen and oxygen atoms in total. The number of hydrogen-bond acceptors (Lipinski definition) is 8. The van der Waals surface area contributed by atoms with Crippen molar-refractivity contribution in [3.05, 3.63) is 18.2 Å². The van der Waals surface area contributed by atoms with Crippen LogP contribution in [0.2, 0.25) is 0 Å². The number of carboxylic acids is 2. The summed E-state index contributed by atoms with van der Waals surface area (Å²) in [5.74, 6) is -5.41. The molecule has 5 atom stereocenters. The van der Waals surface area contributed by atoms with Gasteiger partial charge in [-0.15, -0.1) is 0 Å². The van der Waals surface area contributed by atoms with Crippen molar-refractivity contribution in [2.45, 2.75) is 57.3 Å². The molecule has 14 heteroatoms. The molecule has 5 unspecified atom stereocenters. The van der Waals surface area contributed by atoms with Gasteiger partial charge in [0.25, 0.3) is 0 Å². The number of hydrogen-bond donors (Lipinski definition) is 8. The quantitative estimate of drug-likeness (QED) is 0.140. The average Bonchev–Trinajstić information content (AvgIpc) is 3.26. The van der Waals surface area contributed by atoms with Gasteiger partial charge >= 0.3 is 11.9 Å². The lowest BCUT2D eigenvalue weighted by Gasteiger charge is -2.27. The fraction of sp³-hybridized carbons (Fsp3) is 0.579. The number of aliphatic carboxylic acids is 2. The molecule has 3 amide bonds. The minimum absolute atomic E-state index is 0.0316. The minimum Gasteiger partial charge on any atom is -0.481 e. The van der Waals surface area contributed by atoms with Crippen LogP contribution in [0.4, 0.5) is 0 Å². The van der Waals surface area contributed by atoms with Gasteiger partial charge in [0, 0.05) is 24.1 Å². The van der Waals surface area contributed by atoms with Crippen LogP contribution in [0.3, 0.4) is 0 Å². The van der Waals surface area contributed by atoms with E-state index in [1.807, 2.05) is 0 Å². The van der Waals surface area contributed by atoms with Crippen molar-refractivity contribution in [3.8, 4) is 0 Å². The van der Waals surface area contributed by atoms with E-state index < -0.39 is 60.2 Å². The van der Waals surface area contributed by atoms with Crippen LogP contribution in [0.5, 0.6) is 0 Å². The molecule has 0 saturated heterocycles. The Bertz CT molecular complexity index is 835. The van der Waals surface area contributed by atoms with E-state index in [0.29, 0.717) is 12.1 Å². The minimum atomic E-state index is -1.36. The van der Waals surface area contributed by atoms with E-state index in [0.717, 1.165) is 0 Å². The zero-order chi connectivity index (χ0) is 25.1. The smallest absolute Gasteiger partial charge is 0.327 e. The predicted molar refractivity (Wildman–Crippen MR) is 119 cm³/mol. The largest absolute Gasteiger partial charge is 0.481 e. The second-order valence-electron chi connectivity index (χ2n) is 7.50. The van der Waals surface area contributed by atoms with Crippen molar-refractivity contribution in [1.29, 1.82) is 0 Å². The van der Waals surface area contributed by atoms with E-state index in [1.54, 1.807) is 13.8 Å². The van der Waals surface area contributed by atoms with Crippen molar-refractivity contribution in [1.82, 2.24) is 25.9 Å². The van der Waals surface area contributed by atoms with Crippen LogP contribution in [-0.4, -0.2) is 79.8 Å². The highest BCUT2D eigenvalue weighted by atomic mass is 32.1. The SMILES string of the molecule is CCC(C)C(NC(=O)C(N)CC(=O)O)C(=O)NC(Cc1cnc[nH]1)C(=O)NC(CS)C(=O)O. The van der Waals surface area contributed by atoms with Crippen molar-refractivity contribution in [2.24, 2.45) is 11.7 Å². The zero-order valence-corrected chi connectivity index (χ0v) is 19.2. The molecule has 0 aromatic carbocycles. The van der Waals surface area contributed by atoms with Crippen molar-refractivity contribution >= 4 is 42.3 Å². The van der Waals surface area contributed by atoms with Gasteiger partial charge in [0.15, 0.2) is 0 Å². The summed E-state index contributed by atoms with van der Waals surface area (Å²) >= 11 is 3.91. The maximum atomic E-state index is 13.0. The molecule has 33 heavy (non-hydrogen) atoms. The number of thiol groups is 1. The van der Waals surface area contributed by atoms with Crippen LogP contribution < -0.4 is 21.7 Å². The normalized spacial score (nSPS) is 15.4. The Balaban J connectivity index is 3.05. The van der Waals surface area contributed by atoms with Crippen molar-refractivity contribution in [3.63, 3.8) is 0 Å². The third-order valence-corrected chi connectivity index (χ3v) is 5.30. The Morgan fingerprint density at radius 2 is 1.73 bits per heavy atom. The summed E-state index contributed by atoms with van der Waals surface area (Å²) in [6.07, 6.45) is 2.65. The average molecular weight is 487 g/mol. The van der Waals surface area contributed by atoms with Gasteiger partial charge in [-0.25, -0.2) is 9.78 Å². The predicted octanol–water partition coefficient (Wildman–Crippen LogP) is -1.73. The van der Waals surface area contributed by atoms with Gasteiger partial charge in [-0.05, 0) is 5.92 Å². The van der Waals surface area contributed by atoms with E-state index in [4.69, 9.17) is 10.8 Å². The maximum Gasteiger partial charge on any atom is 0.327 e. The van der Waals surface area contributed by atoms with Gasteiger partial charge in [0.2, 0.25) is 17.7 Å². The van der Waals surface area contributed by atoms with E-state index in [-0.39, 0.29) is 18.1 Å². The van der Waals surface area contributed by atoms with Crippen molar-refractivity contribution in [2.75, 3.05) is 5.75 Å². The molecule has 0 aliphatic carbocycles. The summed E-state index contributed by atoms with van der Waals surface area (Å²) in [6.45, 7) is 3.48. The van der Waals surface area contributed by atoms with E-state index >= 15 is 0 Å². The topological polar surface area (TPSA) is 217 Å². The van der Waals surface area contributed by atoms with Gasteiger partial charge in [-0.2, -0.15) is 12.6 Å². The Hall–Kier alpha value is -3.13. The third kappa shape index (κ3) is 9.10. The van der Waals surface area contributed by atoms with Crippen LogP contribution in [0.15, 0.2) is 12.5 Å². The molecule has 0 spiro atoms. The summed E-state index contributed by atoms with van der Waals surface area (Å²) in [4.78, 5) is 66.8. The molecule has 8 N–H and O–H groups in total. The van der Waals surface area contributed by atoms with Crippen molar-refractivity contribution < 1.29 is 34.2 Å². The Morgan fingerprint density at radius 3 is 2.21 bits per heavy atom. The second kappa shape index (κ2) is 13.4. The summed E-state index contributed by atoms with van der Waals surface area (Å²) in [5, 5.41) is 25.3. The van der Waals surface area contributed by atoms with Crippen LogP contribution >= 0.6 is 12.6 Å². The molecule has 1 aromatic rings. The molecule has 1 aromatic heterocycles. The first-order chi connectivity index (χ1) is 15.5. The maximum absolute atomic E-state index is 13.0. The van der Waals surface area contributed by atoms with E-state index in [2.05, 4.69) is 38.5 Å². The molecule has 1 rings (SSSR count). The van der Waals surface area contributed by atoms with E-state index in [9.17, 15) is 29.1 Å². The number of H-pyrrole nitrogens is 1. The number of carbonyl (C=O) groups is 5. The highest BCUT2D eigenvalue weighted by Crippen LogP contribution is 2.10. The zero-order valence-electron chi connectivity index (χ0n) is 18.3. The monoisotopic (exact) mass is 486 g/mol. The number of carboxylic acid groups (broad SMARTS) is 2. The number of nitrogens with zero attached hydrogens (tertiary/aromatic N) is 1. The summed E-state index contributed by atoms with van der Waals surface area (Å²) in [6, 6.07) is -4.95. The number of aromatic amines is 1. The number of amides is 3. The lowest BCUT2D eigenvalue weighted by atomic mass is 9.97. The lowest BCUT2D eigenvalue weighted by Crippen LogP contribution is -2.59. The van der Waals surface area contributed by atoms with Crippen LogP contribution in [0.25, 0.3) is 0 Å². The molecule has 0 aliphatic rings. The fourth-order valence-corrected chi connectivity index (χ4v) is 3.04. The number of nitrogens with two attached hydrogens (primary N) is 1. The second-order valence-corrected chi connectivity index (χ2v) is 7.87. The number of rotatable bonds is 14. The Kier molecular flexibility index (Phi) is 11.4. The number of nitrogens with one attached hydrogen (secondary N) is 4. The summed E-state index contributed by atoms with van der Waals surface area (Å²) in [7, 11) is 0. The van der Waals surface area contributed by atoms with Gasteiger partial charge in [-0.1, -0.05) is 20.3 Å². The van der Waals surface area contributed by atoms with Crippen LogP contribution in [0.1, 0.15) is 32.4 Å². The van der Waals surface area contributed by atoms with Crippen LogP contribution in [-0.2, 0) is 30.4 Å². The first-order valence-corrected chi connectivity index (χ1v) is 10.8. The van der Waals surface area contributed by atoms with Gasteiger partial charge in [0.05, 0.1) is 18.8 Å². The number of carbonyl (C=O) groups excluding carboxylic acids is 3. The summed E-state index contributed by atoms with van der Waals surface area (Å²) < 4.78 is 0. The molecule has 0 aliphatic heterocycles. The standard InChI is InChI=1S/C19H30N6O7S/c1-3-9(2)15(25-16(28)11(20)5-14(26)27)18(30)23-12(4-10-6-21-8-22-10)17(29)24-13(7-33)19(31)32/h6,8-9,11-13,15,33H,3-5,7,20H2,1-2H3,(H,21,22)(H,23,30)(H,24,29)(H,25,28)(H,26,27)(H,31,32). The van der Waals surface area contributed by atoms with Crippen LogP contribution in [0, 0.1) is 5.92 Å². The van der Waals surface area contributed by atoms with Gasteiger partial charge in [0.1, 0.15) is 18.1 Å². The molecule has 184 valence electrons. The Labute approximate surface area is 195 Å². The highest BCUT2D eigenvalue weighted by molar-refractivity contribution is 7.80. The fourth-order valence-electron chi connectivity index (χ4n) is 2.79. The van der Waals surface area contributed by atoms with E-state index in [1.165, 1.54) is 12.5 Å². The molecule has 0 bridgehead atoms. The molecular weight excluding hydrogens is 456 g/mol. The Morgan fingerprint density at radius 1 is 1.09 bits per heavy atom. The first-order valence-electron chi connectivity index (χ1n) is 10.2.